The molecule has 5 atom stereocenters. The third-order valence-electron chi connectivity index (χ3n) is 6.75. The third-order valence-corrected chi connectivity index (χ3v) is 11.3. The maximum absolute atomic E-state index is 13.9. The molecule has 2 rings (SSSR count). The molecule has 1 aliphatic heterocycles. The van der Waals surface area contributed by atoms with Crippen LogP contribution in [0.3, 0.4) is 0 Å². The van der Waals surface area contributed by atoms with E-state index in [9.17, 15) is 9.36 Å². The van der Waals surface area contributed by atoms with E-state index in [1.165, 1.54) is 12.9 Å². The molecule has 0 aliphatic carbocycles. The van der Waals surface area contributed by atoms with Gasteiger partial charge in [0.15, 0.2) is 31.2 Å². The van der Waals surface area contributed by atoms with Gasteiger partial charge in [0.2, 0.25) is 0 Å². The largest absolute Gasteiger partial charge is 0.469 e. The Morgan fingerprint density at radius 1 is 0.896 bits per heavy atom. The highest BCUT2D eigenvalue weighted by molar-refractivity contribution is 7.57. The van der Waals surface area contributed by atoms with Gasteiger partial charge in [-0.1, -0.05) is 31.9 Å². The van der Waals surface area contributed by atoms with Crippen molar-refractivity contribution in [3.63, 3.8) is 0 Å². The van der Waals surface area contributed by atoms with Gasteiger partial charge in [0.25, 0.3) is 0 Å². The quantitative estimate of drug-likeness (QED) is 0.0518. The summed E-state index contributed by atoms with van der Waals surface area (Å²) in [6.45, 7) is 24.2. The first-order valence-corrected chi connectivity index (χ1v) is 29.0. The number of carbonyl (C=O) groups excluding carboxylic acids is 1. The van der Waals surface area contributed by atoms with Gasteiger partial charge in [-0.05, 0) is 77.8 Å². The van der Waals surface area contributed by atoms with Crippen LogP contribution in [0.15, 0.2) is 18.1 Å². The van der Waals surface area contributed by atoms with E-state index < -0.39 is 63.3 Å². The van der Waals surface area contributed by atoms with Crippen LogP contribution in [0.25, 0.3) is 0 Å². The van der Waals surface area contributed by atoms with Gasteiger partial charge in [-0.25, -0.2) is 0 Å². The number of hydrogen-bond acceptors (Lipinski definition) is 12. The molecule has 1 aliphatic rings. The summed E-state index contributed by atoms with van der Waals surface area (Å²) in [4.78, 5) is 11.6. The van der Waals surface area contributed by atoms with Gasteiger partial charge in [-0.3, -0.25) is 14.0 Å². The second-order valence-corrected chi connectivity index (χ2v) is 30.2. The summed E-state index contributed by atoms with van der Waals surface area (Å²) in [6.07, 6.45) is 3.66. The van der Waals surface area contributed by atoms with E-state index in [1.54, 1.807) is 17.0 Å². The molecule has 0 radical (unpaired) electrons. The smallest absolute Gasteiger partial charge is 0.353 e. The Hall–Kier alpha value is -1.05. The monoisotopic (exact) mass is 751 g/mol. The Bertz CT molecular complexity index is 1170. The van der Waals surface area contributed by atoms with Crippen molar-refractivity contribution in [2.24, 2.45) is 0 Å². The zero-order valence-corrected chi connectivity index (χ0v) is 35.2. The minimum atomic E-state index is -3.59. The number of nitrogens with zero attached hydrogens (tertiary/aromatic N) is 3. The molecule has 1 saturated heterocycles. The SMILES string of the molecule is CCCCOP(=O)(/C=C/C1O[C@H](OCc2cn(CCC(=O)OC)nn2)[C@H](O[Si](C)(C)C)C(O[Si](C)(C)C)[C@@H]1O[Si](C)(C)C)OCCCC. The zero-order valence-electron chi connectivity index (χ0n) is 31.4. The van der Waals surface area contributed by atoms with Crippen LogP contribution < -0.4 is 0 Å². The second-order valence-electron chi connectivity index (χ2n) is 14.9. The average molecular weight is 752 g/mol. The Labute approximate surface area is 291 Å². The second kappa shape index (κ2) is 19.5. The van der Waals surface area contributed by atoms with Crippen molar-refractivity contribution in [1.82, 2.24) is 15.0 Å². The fourth-order valence-corrected chi connectivity index (χ4v) is 9.34. The highest BCUT2D eigenvalue weighted by Crippen LogP contribution is 2.51. The van der Waals surface area contributed by atoms with E-state index in [2.05, 4.69) is 83.1 Å². The molecule has 2 unspecified atom stereocenters. The first-order chi connectivity index (χ1) is 22.3. The number of esters is 1. The Kier molecular flexibility index (Phi) is 17.5. The first kappa shape index (κ1) is 43.1. The molecule has 17 heteroatoms. The van der Waals surface area contributed by atoms with Crippen molar-refractivity contribution in [1.29, 1.82) is 0 Å². The molecule has 278 valence electrons. The van der Waals surface area contributed by atoms with E-state index in [1.807, 2.05) is 0 Å². The molecule has 0 bridgehead atoms. The minimum Gasteiger partial charge on any atom is -0.469 e. The van der Waals surface area contributed by atoms with E-state index in [0.717, 1.165) is 25.7 Å². The Morgan fingerprint density at radius 3 is 1.96 bits per heavy atom. The lowest BCUT2D eigenvalue weighted by atomic mass is 9.99. The average Bonchev–Trinajstić information content (AvgIpc) is 3.42. The van der Waals surface area contributed by atoms with Crippen molar-refractivity contribution in [2.75, 3.05) is 20.3 Å². The highest BCUT2D eigenvalue weighted by atomic mass is 31.2. The van der Waals surface area contributed by atoms with Gasteiger partial charge in [0.1, 0.15) is 30.1 Å². The van der Waals surface area contributed by atoms with Crippen LogP contribution in [0.1, 0.15) is 51.6 Å². The number of rotatable bonds is 22. The number of carbonyl (C=O) groups is 1. The van der Waals surface area contributed by atoms with Gasteiger partial charge in [-0.15, -0.1) is 5.10 Å². The number of ether oxygens (including phenoxy) is 3. The minimum absolute atomic E-state index is 0.0723. The van der Waals surface area contributed by atoms with Crippen molar-refractivity contribution in [3.8, 4) is 0 Å². The van der Waals surface area contributed by atoms with Gasteiger partial charge >= 0.3 is 13.6 Å². The summed E-state index contributed by atoms with van der Waals surface area (Å²) >= 11 is 0. The fourth-order valence-electron chi connectivity index (χ4n) is 4.72. The zero-order chi connectivity index (χ0) is 36.2. The maximum atomic E-state index is 13.9. The van der Waals surface area contributed by atoms with Crippen LogP contribution in [-0.2, 0) is 59.0 Å². The molecule has 0 N–H and O–H groups in total. The molecule has 48 heavy (non-hydrogen) atoms. The van der Waals surface area contributed by atoms with E-state index in [-0.39, 0.29) is 19.0 Å². The Morgan fingerprint density at radius 2 is 1.44 bits per heavy atom. The van der Waals surface area contributed by atoms with Crippen LogP contribution in [-0.4, -0.2) is 96.9 Å². The molecule has 13 nitrogen and oxygen atoms in total. The molecule has 2 heterocycles. The van der Waals surface area contributed by atoms with E-state index >= 15 is 0 Å². The van der Waals surface area contributed by atoms with Crippen molar-refractivity contribution < 1.29 is 45.9 Å². The molecule has 0 saturated carbocycles. The summed E-state index contributed by atoms with van der Waals surface area (Å²) < 4.78 is 65.6. The number of methoxy groups -OCH3 is 1. The lowest BCUT2D eigenvalue weighted by Crippen LogP contribution is -2.65. The molecule has 1 aromatic heterocycles. The van der Waals surface area contributed by atoms with Gasteiger partial charge in [0, 0.05) is 5.82 Å². The van der Waals surface area contributed by atoms with Crippen LogP contribution in [0.4, 0.5) is 0 Å². The molecule has 0 aromatic carbocycles. The molecule has 1 aromatic rings. The summed E-state index contributed by atoms with van der Waals surface area (Å²) in [7, 11) is -8.77. The topological polar surface area (TPSA) is 139 Å². The van der Waals surface area contributed by atoms with Crippen LogP contribution in [0.5, 0.6) is 0 Å². The number of hydrogen-bond donors (Lipinski definition) is 0. The third kappa shape index (κ3) is 16.3. The predicted molar refractivity (Wildman–Crippen MR) is 193 cm³/mol. The van der Waals surface area contributed by atoms with Crippen molar-refractivity contribution in [2.45, 2.75) is 149 Å². The van der Waals surface area contributed by atoms with Gasteiger partial charge < -0.3 is 36.5 Å². The standard InChI is InChI=1S/C31H62N3O10PSi3/c1-13-15-20-39-45(36,40-21-16-14-2)22-18-26-28(42-46(4,5)6)29(43-47(7,8)9)30(44-48(10,11)12)31(41-26)38-24-25-23-34(33-32-25)19-17-27(35)37-3/h18,22-23,26,28-31H,13-17,19-21,24H2,1-12H3/b22-18+/t26?,28-,29?,30-,31+/m1/s1. The van der Waals surface area contributed by atoms with E-state index in [0.29, 0.717) is 25.5 Å². The number of aromatic nitrogens is 3. The number of unbranched alkanes of at least 4 members (excludes halogenated alkanes) is 2. The maximum Gasteiger partial charge on any atom is 0.353 e. The Balaban J connectivity index is 2.53. The molecular formula is C31H62N3O10PSi3. The van der Waals surface area contributed by atoms with Gasteiger partial charge in [-0.2, -0.15) is 0 Å². The van der Waals surface area contributed by atoms with Crippen LogP contribution in [0, 0.1) is 0 Å². The molecule has 0 spiro atoms. The summed E-state index contributed by atoms with van der Waals surface area (Å²) in [6, 6.07) is 0. The van der Waals surface area contributed by atoms with Crippen LogP contribution >= 0.6 is 7.60 Å². The first-order valence-electron chi connectivity index (χ1n) is 17.1. The highest BCUT2D eigenvalue weighted by Gasteiger charge is 2.51. The summed E-state index contributed by atoms with van der Waals surface area (Å²) in [5.74, 6) is 1.18. The molecule has 1 fully saturated rings. The van der Waals surface area contributed by atoms with E-state index in [4.69, 9.17) is 36.5 Å². The molecule has 0 amide bonds. The lowest BCUT2D eigenvalue weighted by molar-refractivity contribution is -0.280. The normalized spacial score (nSPS) is 22.8. The summed E-state index contributed by atoms with van der Waals surface area (Å²) in [5.41, 5.74) is 0.559. The summed E-state index contributed by atoms with van der Waals surface area (Å²) in [5, 5.41) is 8.35. The molecular weight excluding hydrogens is 690 g/mol. The lowest BCUT2D eigenvalue weighted by Gasteiger charge is -2.50. The van der Waals surface area contributed by atoms with Crippen molar-refractivity contribution in [3.05, 3.63) is 23.8 Å². The fraction of sp³-hybridized carbons (Fsp3) is 0.839. The van der Waals surface area contributed by atoms with Gasteiger partial charge in [0.05, 0.1) is 46.1 Å². The predicted octanol–water partition coefficient (Wildman–Crippen LogP) is 7.08. The number of aryl methyl sites for hydroxylation is 1. The van der Waals surface area contributed by atoms with Crippen molar-refractivity contribution >= 4 is 38.5 Å². The van der Waals surface area contributed by atoms with Crippen LogP contribution in [0.2, 0.25) is 58.9 Å².